The average molecular weight is 437 g/mol. The van der Waals surface area contributed by atoms with Crippen LogP contribution in [0.3, 0.4) is 0 Å². The molecule has 20 heavy (non-hydrogen) atoms. The highest BCUT2D eigenvalue weighted by molar-refractivity contribution is 9.11. The molecule has 1 aliphatic heterocycles. The maximum Gasteiger partial charge on any atom is 0.307 e. The molecule has 1 aliphatic rings. The molecule has 0 fully saturated rings. The van der Waals surface area contributed by atoms with Crippen LogP contribution in [0, 0.1) is 10.1 Å². The summed E-state index contributed by atoms with van der Waals surface area (Å²) in [6.07, 6.45) is 0. The Kier molecular flexibility index (Phi) is 3.70. The number of hydrogen-bond acceptors (Lipinski definition) is 4. The summed E-state index contributed by atoms with van der Waals surface area (Å²) in [6.45, 7) is 0. The molecule has 0 aliphatic carbocycles. The number of fused-ring (bicyclic) bond motifs is 2. The zero-order valence-corrected chi connectivity index (χ0v) is 14.4. The zero-order chi connectivity index (χ0) is 14.4. The fraction of sp³-hybridized carbons (Fsp3) is 0. The van der Waals surface area contributed by atoms with Crippen LogP contribution in [0.2, 0.25) is 5.02 Å². The van der Waals surface area contributed by atoms with Crippen LogP contribution in [-0.2, 0) is 0 Å². The molecule has 4 nitrogen and oxygen atoms in total. The molecule has 8 heteroatoms. The second kappa shape index (κ2) is 5.22. The SMILES string of the molecule is O=[N+]([O-])c1c(Br)cc(Br)c2c1Nc1c(Cl)cccc1S2. The maximum absolute atomic E-state index is 11.3. The Morgan fingerprint density at radius 3 is 2.70 bits per heavy atom. The minimum atomic E-state index is -0.412. The number of halogens is 3. The normalized spacial score (nSPS) is 12.3. The monoisotopic (exact) mass is 434 g/mol. The molecule has 3 rings (SSSR count). The van der Waals surface area contributed by atoms with E-state index in [4.69, 9.17) is 11.6 Å². The predicted molar refractivity (Wildman–Crippen MR) is 87.4 cm³/mol. The van der Waals surface area contributed by atoms with Gasteiger partial charge in [-0.1, -0.05) is 29.4 Å². The standard InChI is InChI=1S/C12H5Br2ClN2O2S/c13-5-4-6(14)12-10(11(5)17(18)19)16-9-7(15)2-1-3-8(9)20-12/h1-4,16H. The summed E-state index contributed by atoms with van der Waals surface area (Å²) in [5.74, 6) is 0. The summed E-state index contributed by atoms with van der Waals surface area (Å²) in [5, 5.41) is 14.9. The smallest absolute Gasteiger partial charge is 0.307 e. The van der Waals surface area contributed by atoms with E-state index in [0.717, 1.165) is 14.3 Å². The zero-order valence-electron chi connectivity index (χ0n) is 9.62. The Hall–Kier alpha value is -0.760. The fourth-order valence-electron chi connectivity index (χ4n) is 1.93. The van der Waals surface area contributed by atoms with Crippen molar-refractivity contribution in [1.82, 2.24) is 0 Å². The van der Waals surface area contributed by atoms with Crippen molar-refractivity contribution in [3.05, 3.63) is 48.3 Å². The van der Waals surface area contributed by atoms with Gasteiger partial charge in [0.05, 0.1) is 25.0 Å². The summed E-state index contributed by atoms with van der Waals surface area (Å²) in [4.78, 5) is 12.6. The molecule has 1 N–H and O–H groups in total. The molecule has 1 heterocycles. The van der Waals surface area contributed by atoms with Crippen molar-refractivity contribution in [3.63, 3.8) is 0 Å². The first kappa shape index (κ1) is 14.2. The lowest BCUT2D eigenvalue weighted by Gasteiger charge is -2.22. The first-order valence-corrected chi connectivity index (χ1v) is 8.17. The van der Waals surface area contributed by atoms with Gasteiger partial charge in [0.1, 0.15) is 5.69 Å². The second-order valence-corrected chi connectivity index (χ2v) is 7.16. The van der Waals surface area contributed by atoms with Crippen molar-refractivity contribution in [2.45, 2.75) is 9.79 Å². The van der Waals surface area contributed by atoms with E-state index in [1.807, 2.05) is 12.1 Å². The molecule has 2 aromatic rings. The Morgan fingerprint density at radius 1 is 1.25 bits per heavy atom. The van der Waals surface area contributed by atoms with Crippen molar-refractivity contribution in [2.24, 2.45) is 0 Å². The van der Waals surface area contributed by atoms with Crippen LogP contribution in [0.5, 0.6) is 0 Å². The van der Waals surface area contributed by atoms with E-state index < -0.39 is 4.92 Å². The van der Waals surface area contributed by atoms with E-state index in [1.165, 1.54) is 11.8 Å². The Morgan fingerprint density at radius 2 is 2.00 bits per heavy atom. The lowest BCUT2D eigenvalue weighted by atomic mass is 10.2. The number of rotatable bonds is 1. The van der Waals surface area contributed by atoms with Crippen LogP contribution < -0.4 is 5.32 Å². The van der Waals surface area contributed by atoms with Crippen LogP contribution >= 0.6 is 55.2 Å². The van der Waals surface area contributed by atoms with Gasteiger partial charge in [-0.2, -0.15) is 0 Å². The molecule has 0 bridgehead atoms. The Bertz CT molecular complexity index is 755. The minimum absolute atomic E-state index is 0.00118. The van der Waals surface area contributed by atoms with Gasteiger partial charge >= 0.3 is 5.69 Å². The van der Waals surface area contributed by atoms with Gasteiger partial charge in [0, 0.05) is 9.37 Å². The van der Waals surface area contributed by atoms with Crippen LogP contribution in [0.4, 0.5) is 17.1 Å². The van der Waals surface area contributed by atoms with Crippen molar-refractivity contribution >= 4 is 72.3 Å². The largest absolute Gasteiger partial charge is 0.347 e. The summed E-state index contributed by atoms with van der Waals surface area (Å²) in [5.41, 5.74) is 1.14. The van der Waals surface area contributed by atoms with E-state index in [0.29, 0.717) is 20.9 Å². The van der Waals surface area contributed by atoms with Gasteiger partial charge in [-0.05, 0) is 50.1 Å². The van der Waals surface area contributed by atoms with Crippen molar-refractivity contribution < 1.29 is 4.92 Å². The number of nitrogens with one attached hydrogen (secondary N) is 1. The third kappa shape index (κ3) is 2.22. The van der Waals surface area contributed by atoms with Crippen LogP contribution in [0.15, 0.2) is 43.0 Å². The van der Waals surface area contributed by atoms with Crippen LogP contribution in [0.1, 0.15) is 0 Å². The Labute approximate surface area is 140 Å². The Balaban J connectivity index is 2.26. The van der Waals surface area contributed by atoms with E-state index in [1.54, 1.807) is 12.1 Å². The summed E-state index contributed by atoms with van der Waals surface area (Å²) < 4.78 is 1.20. The third-order valence-corrected chi connectivity index (χ3v) is 5.78. The molecule has 0 saturated heterocycles. The summed E-state index contributed by atoms with van der Waals surface area (Å²) >= 11 is 14.3. The molecule has 0 unspecified atom stereocenters. The molecule has 0 atom stereocenters. The lowest BCUT2D eigenvalue weighted by molar-refractivity contribution is -0.384. The quantitative estimate of drug-likeness (QED) is 0.377. The van der Waals surface area contributed by atoms with Gasteiger partial charge in [0.15, 0.2) is 0 Å². The van der Waals surface area contributed by atoms with E-state index >= 15 is 0 Å². The molecule has 2 aromatic carbocycles. The third-order valence-electron chi connectivity index (χ3n) is 2.78. The minimum Gasteiger partial charge on any atom is -0.347 e. The van der Waals surface area contributed by atoms with E-state index in [2.05, 4.69) is 37.2 Å². The average Bonchev–Trinajstić information content (AvgIpc) is 2.37. The van der Waals surface area contributed by atoms with Crippen LogP contribution in [-0.4, -0.2) is 4.92 Å². The number of nitro groups is 1. The molecule has 102 valence electrons. The molecule has 0 radical (unpaired) electrons. The fourth-order valence-corrected chi connectivity index (χ4v) is 4.79. The van der Waals surface area contributed by atoms with Gasteiger partial charge < -0.3 is 5.32 Å². The highest BCUT2D eigenvalue weighted by Crippen LogP contribution is 2.54. The van der Waals surface area contributed by atoms with Crippen molar-refractivity contribution in [3.8, 4) is 0 Å². The van der Waals surface area contributed by atoms with Gasteiger partial charge in [-0.25, -0.2) is 0 Å². The topological polar surface area (TPSA) is 55.2 Å². The summed E-state index contributed by atoms with van der Waals surface area (Å²) in [6, 6.07) is 7.20. The molecule has 0 spiro atoms. The number of anilines is 2. The highest BCUT2D eigenvalue weighted by atomic mass is 79.9. The summed E-state index contributed by atoms with van der Waals surface area (Å²) in [7, 11) is 0. The second-order valence-electron chi connectivity index (χ2n) is 3.99. The van der Waals surface area contributed by atoms with Crippen LogP contribution in [0.25, 0.3) is 0 Å². The highest BCUT2D eigenvalue weighted by Gasteiger charge is 2.30. The molecule has 0 saturated carbocycles. The van der Waals surface area contributed by atoms with Gasteiger partial charge in [-0.15, -0.1) is 0 Å². The first-order chi connectivity index (χ1) is 9.49. The number of benzene rings is 2. The number of nitrogens with zero attached hydrogens (tertiary/aromatic N) is 1. The predicted octanol–water partition coefficient (Wildman–Crippen LogP) is 5.98. The molecule has 0 amide bonds. The van der Waals surface area contributed by atoms with Gasteiger partial charge in [0.2, 0.25) is 0 Å². The number of nitro benzene ring substituents is 1. The first-order valence-electron chi connectivity index (χ1n) is 5.39. The van der Waals surface area contributed by atoms with Crippen molar-refractivity contribution in [2.75, 3.05) is 5.32 Å². The molecular formula is C12H5Br2ClN2O2S. The number of hydrogen-bond donors (Lipinski definition) is 1. The van der Waals surface area contributed by atoms with E-state index in [9.17, 15) is 10.1 Å². The van der Waals surface area contributed by atoms with Gasteiger partial charge in [0.25, 0.3) is 0 Å². The van der Waals surface area contributed by atoms with Gasteiger partial charge in [-0.3, -0.25) is 10.1 Å². The van der Waals surface area contributed by atoms with E-state index in [-0.39, 0.29) is 5.69 Å². The lowest BCUT2D eigenvalue weighted by Crippen LogP contribution is -2.05. The van der Waals surface area contributed by atoms with Crippen molar-refractivity contribution in [1.29, 1.82) is 0 Å². The molecular weight excluding hydrogens is 431 g/mol. The molecule has 0 aromatic heterocycles. The number of para-hydroxylation sites is 1. The maximum atomic E-state index is 11.3.